The number of rotatable bonds is 3. The molecule has 1 aliphatic carbocycles. The summed E-state index contributed by atoms with van der Waals surface area (Å²) in [5.74, 6) is 0.773. The van der Waals surface area contributed by atoms with Crippen molar-refractivity contribution >= 4 is 35.2 Å². The van der Waals surface area contributed by atoms with Gasteiger partial charge in [0.25, 0.3) is 0 Å². The SMILES string of the molecule is CC(C)(C)OC(=O)N1CCC(Nc2ncc3c(n2)-c2ccccc2C(c2ccc(Cl)c(Cl)c2)C3)CC1. The van der Waals surface area contributed by atoms with Crippen LogP contribution in [0.5, 0.6) is 0 Å². The molecule has 1 aliphatic heterocycles. The first-order valence-corrected chi connectivity index (χ1v) is 13.1. The van der Waals surface area contributed by atoms with Gasteiger partial charge >= 0.3 is 6.09 Å². The van der Waals surface area contributed by atoms with Crippen LogP contribution >= 0.6 is 23.2 Å². The fourth-order valence-electron chi connectivity index (χ4n) is 4.95. The molecule has 1 amide bonds. The Morgan fingerprint density at radius 3 is 2.56 bits per heavy atom. The van der Waals surface area contributed by atoms with Crippen molar-refractivity contribution in [3.05, 3.63) is 75.4 Å². The predicted molar refractivity (Wildman–Crippen MR) is 144 cm³/mol. The largest absolute Gasteiger partial charge is 0.444 e. The third kappa shape index (κ3) is 5.30. The number of anilines is 1. The highest BCUT2D eigenvalue weighted by Crippen LogP contribution is 2.42. The second kappa shape index (κ2) is 9.91. The molecule has 0 radical (unpaired) electrons. The Morgan fingerprint density at radius 1 is 1.08 bits per heavy atom. The van der Waals surface area contributed by atoms with Crippen LogP contribution in [0.2, 0.25) is 10.0 Å². The zero-order valence-electron chi connectivity index (χ0n) is 20.7. The summed E-state index contributed by atoms with van der Waals surface area (Å²) in [5.41, 5.74) is 5.04. The highest BCUT2D eigenvalue weighted by Gasteiger charge is 2.30. The molecule has 1 unspecified atom stereocenters. The molecule has 1 atom stereocenters. The highest BCUT2D eigenvalue weighted by molar-refractivity contribution is 6.42. The molecule has 1 aromatic heterocycles. The average Bonchev–Trinajstić information content (AvgIpc) is 2.85. The van der Waals surface area contributed by atoms with E-state index in [1.165, 1.54) is 5.56 Å². The number of piperidine rings is 1. The monoisotopic (exact) mass is 524 g/mol. The molecule has 2 aromatic carbocycles. The van der Waals surface area contributed by atoms with Gasteiger partial charge in [0.15, 0.2) is 0 Å². The third-order valence-electron chi connectivity index (χ3n) is 6.71. The fourth-order valence-corrected chi connectivity index (χ4v) is 5.25. The second-order valence-electron chi connectivity index (χ2n) is 10.5. The van der Waals surface area contributed by atoms with Gasteiger partial charge in [0.2, 0.25) is 5.95 Å². The van der Waals surface area contributed by atoms with Crippen molar-refractivity contribution in [3.63, 3.8) is 0 Å². The normalized spacial score (nSPS) is 17.8. The van der Waals surface area contributed by atoms with Crippen LogP contribution in [0.4, 0.5) is 10.7 Å². The predicted octanol–water partition coefficient (Wildman–Crippen LogP) is 6.95. The van der Waals surface area contributed by atoms with Crippen molar-refractivity contribution in [1.29, 1.82) is 0 Å². The topological polar surface area (TPSA) is 67.3 Å². The molecule has 0 saturated carbocycles. The van der Waals surface area contributed by atoms with E-state index in [0.29, 0.717) is 29.1 Å². The van der Waals surface area contributed by atoms with E-state index in [4.69, 9.17) is 32.9 Å². The molecule has 2 aliphatic rings. The summed E-state index contributed by atoms with van der Waals surface area (Å²) in [6, 6.07) is 14.4. The lowest BCUT2D eigenvalue weighted by Crippen LogP contribution is -2.44. The minimum atomic E-state index is -0.488. The average molecular weight is 525 g/mol. The molecule has 2 heterocycles. The van der Waals surface area contributed by atoms with E-state index in [1.54, 1.807) is 4.90 Å². The maximum Gasteiger partial charge on any atom is 0.410 e. The van der Waals surface area contributed by atoms with Crippen molar-refractivity contribution in [2.24, 2.45) is 0 Å². The smallest absolute Gasteiger partial charge is 0.410 e. The molecule has 36 heavy (non-hydrogen) atoms. The van der Waals surface area contributed by atoms with E-state index in [1.807, 2.05) is 51.2 Å². The Morgan fingerprint density at radius 2 is 1.83 bits per heavy atom. The molecule has 6 nitrogen and oxygen atoms in total. The van der Waals surface area contributed by atoms with Gasteiger partial charge in [-0.3, -0.25) is 0 Å². The Balaban J connectivity index is 1.32. The molecule has 3 aromatic rings. The Hall–Kier alpha value is -2.83. The van der Waals surface area contributed by atoms with Gasteiger partial charge in [0.05, 0.1) is 15.7 Å². The maximum absolute atomic E-state index is 12.4. The van der Waals surface area contributed by atoms with E-state index in [9.17, 15) is 4.79 Å². The van der Waals surface area contributed by atoms with Crippen molar-refractivity contribution in [2.45, 2.75) is 57.6 Å². The number of halogens is 2. The van der Waals surface area contributed by atoms with Crippen molar-refractivity contribution in [2.75, 3.05) is 18.4 Å². The molecular weight excluding hydrogens is 495 g/mol. The van der Waals surface area contributed by atoms with Crippen LogP contribution in [0.1, 0.15) is 56.2 Å². The van der Waals surface area contributed by atoms with Crippen LogP contribution in [0, 0.1) is 0 Å². The van der Waals surface area contributed by atoms with Gasteiger partial charge in [-0.05, 0) is 68.9 Å². The van der Waals surface area contributed by atoms with Gasteiger partial charge in [-0.1, -0.05) is 53.5 Å². The van der Waals surface area contributed by atoms with Crippen LogP contribution < -0.4 is 5.32 Å². The first-order valence-electron chi connectivity index (χ1n) is 12.3. The highest BCUT2D eigenvalue weighted by atomic mass is 35.5. The van der Waals surface area contributed by atoms with Gasteiger partial charge in [0, 0.05) is 36.8 Å². The fraction of sp³-hybridized carbons (Fsp3) is 0.393. The van der Waals surface area contributed by atoms with Crippen LogP contribution in [0.15, 0.2) is 48.7 Å². The molecule has 188 valence electrons. The number of benzene rings is 2. The Bertz CT molecular complexity index is 1280. The van der Waals surface area contributed by atoms with Gasteiger partial charge in [0.1, 0.15) is 5.60 Å². The van der Waals surface area contributed by atoms with E-state index in [0.717, 1.165) is 41.6 Å². The van der Waals surface area contributed by atoms with Gasteiger partial charge < -0.3 is 15.0 Å². The van der Waals surface area contributed by atoms with Gasteiger partial charge in [-0.2, -0.15) is 0 Å². The van der Waals surface area contributed by atoms with E-state index < -0.39 is 5.60 Å². The quantitative estimate of drug-likeness (QED) is 0.401. The number of nitrogens with zero attached hydrogens (tertiary/aromatic N) is 3. The summed E-state index contributed by atoms with van der Waals surface area (Å²) < 4.78 is 5.51. The number of carbonyl (C=O) groups excluding carboxylic acids is 1. The molecule has 0 bridgehead atoms. The summed E-state index contributed by atoms with van der Waals surface area (Å²) >= 11 is 12.5. The lowest BCUT2D eigenvalue weighted by molar-refractivity contribution is 0.0210. The van der Waals surface area contributed by atoms with E-state index in [2.05, 4.69) is 28.5 Å². The van der Waals surface area contributed by atoms with Crippen LogP contribution in [-0.2, 0) is 11.2 Å². The van der Waals surface area contributed by atoms with Crippen molar-refractivity contribution < 1.29 is 9.53 Å². The number of carbonyl (C=O) groups is 1. The van der Waals surface area contributed by atoms with E-state index in [-0.39, 0.29) is 18.1 Å². The third-order valence-corrected chi connectivity index (χ3v) is 7.44. The molecule has 5 rings (SSSR count). The van der Waals surface area contributed by atoms with Crippen molar-refractivity contribution in [1.82, 2.24) is 14.9 Å². The first kappa shape index (κ1) is 24.8. The van der Waals surface area contributed by atoms with Gasteiger partial charge in [-0.25, -0.2) is 14.8 Å². The maximum atomic E-state index is 12.4. The molecule has 1 N–H and O–H groups in total. The molecule has 1 fully saturated rings. The standard InChI is InChI=1S/C28H30Cl2N4O2/c1-28(2,3)36-27(35)34-12-10-19(11-13-34)32-26-31-16-18-14-22(17-8-9-23(29)24(30)15-17)20-6-4-5-7-21(20)25(18)33-26/h4-9,15-16,19,22H,10-14H2,1-3H3,(H,31,32,33). The van der Waals surface area contributed by atoms with Crippen molar-refractivity contribution in [3.8, 4) is 11.3 Å². The number of hydrogen-bond acceptors (Lipinski definition) is 5. The number of nitrogens with one attached hydrogen (secondary N) is 1. The molecule has 0 spiro atoms. The first-order chi connectivity index (χ1) is 17.2. The molecule has 1 saturated heterocycles. The lowest BCUT2D eigenvalue weighted by atomic mass is 9.78. The van der Waals surface area contributed by atoms with Crippen LogP contribution in [0.3, 0.4) is 0 Å². The number of fused-ring (bicyclic) bond motifs is 3. The number of amides is 1. The zero-order chi connectivity index (χ0) is 25.4. The van der Waals surface area contributed by atoms with Crippen LogP contribution in [-0.4, -0.2) is 45.7 Å². The Labute approximate surface area is 222 Å². The molecule has 8 heteroatoms. The molecular formula is C28H30Cl2N4O2. The van der Waals surface area contributed by atoms with Gasteiger partial charge in [-0.15, -0.1) is 0 Å². The number of likely N-dealkylation sites (tertiary alicyclic amines) is 1. The summed E-state index contributed by atoms with van der Waals surface area (Å²) in [4.78, 5) is 23.7. The second-order valence-corrected chi connectivity index (χ2v) is 11.3. The minimum Gasteiger partial charge on any atom is -0.444 e. The lowest BCUT2D eigenvalue weighted by Gasteiger charge is -2.34. The van der Waals surface area contributed by atoms with Crippen LogP contribution in [0.25, 0.3) is 11.3 Å². The zero-order valence-corrected chi connectivity index (χ0v) is 22.2. The summed E-state index contributed by atoms with van der Waals surface area (Å²) in [6.45, 7) is 6.95. The summed E-state index contributed by atoms with van der Waals surface area (Å²) in [6.07, 6.45) is 4.10. The number of ether oxygens (including phenoxy) is 1. The Kier molecular flexibility index (Phi) is 6.84. The van der Waals surface area contributed by atoms with E-state index >= 15 is 0 Å². The number of aromatic nitrogens is 2. The number of hydrogen-bond donors (Lipinski definition) is 1. The summed E-state index contributed by atoms with van der Waals surface area (Å²) in [7, 11) is 0. The summed E-state index contributed by atoms with van der Waals surface area (Å²) in [5, 5.41) is 4.61. The minimum absolute atomic E-state index is 0.156.